The molecule has 0 unspecified atom stereocenters. The largest absolute Gasteiger partial charge is 0.456 e. The summed E-state index contributed by atoms with van der Waals surface area (Å²) in [6, 6.07) is 61.3. The van der Waals surface area contributed by atoms with E-state index in [1.807, 2.05) is 11.3 Å². The minimum absolute atomic E-state index is 0.877. The topological polar surface area (TPSA) is 21.3 Å². The van der Waals surface area contributed by atoms with Crippen LogP contribution >= 0.6 is 11.3 Å². The van der Waals surface area contributed by atoms with Crippen LogP contribution in [0.5, 0.6) is 0 Å². The molecule has 0 bridgehead atoms. The molecule has 0 aliphatic heterocycles. The Balaban J connectivity index is 1.19. The van der Waals surface area contributed by atoms with Crippen molar-refractivity contribution >= 4 is 103 Å². The number of anilines is 3. The van der Waals surface area contributed by atoms with Crippen LogP contribution in [0.3, 0.4) is 0 Å². The van der Waals surface area contributed by atoms with Crippen LogP contribution in [0.25, 0.3) is 80.4 Å². The molecule has 3 nitrogen and oxygen atoms in total. The first-order valence-electron chi connectivity index (χ1n) is 16.9. The quantitative estimate of drug-likeness (QED) is 0.188. The smallest absolute Gasteiger partial charge is 0.137 e. The first-order chi connectivity index (χ1) is 24.8. The Morgan fingerprint density at radius 1 is 0.440 bits per heavy atom. The highest BCUT2D eigenvalue weighted by molar-refractivity contribution is 7.26. The van der Waals surface area contributed by atoms with Gasteiger partial charge in [-0.25, -0.2) is 0 Å². The van der Waals surface area contributed by atoms with Gasteiger partial charge in [0.25, 0.3) is 0 Å². The first kappa shape index (κ1) is 27.6. The Bertz CT molecular complexity index is 3110. The summed E-state index contributed by atoms with van der Waals surface area (Å²) in [5.74, 6) is 0. The summed E-state index contributed by atoms with van der Waals surface area (Å²) in [7, 11) is 0. The van der Waals surface area contributed by atoms with Crippen molar-refractivity contribution in [3.8, 4) is 5.69 Å². The fourth-order valence-electron chi connectivity index (χ4n) is 7.91. The summed E-state index contributed by atoms with van der Waals surface area (Å²) < 4.78 is 11.5. The molecule has 0 aliphatic rings. The number of furan rings is 1. The predicted octanol–water partition coefficient (Wildman–Crippen LogP) is 13.7. The lowest BCUT2D eigenvalue weighted by molar-refractivity contribution is 0.669. The van der Waals surface area contributed by atoms with Crippen LogP contribution < -0.4 is 4.90 Å². The Hall–Kier alpha value is -6.36. The molecule has 0 spiro atoms. The van der Waals surface area contributed by atoms with E-state index in [4.69, 9.17) is 4.42 Å². The lowest BCUT2D eigenvalue weighted by Crippen LogP contribution is -2.10. The highest BCUT2D eigenvalue weighted by Crippen LogP contribution is 2.47. The second-order valence-corrected chi connectivity index (χ2v) is 14.0. The third-order valence-corrected chi connectivity index (χ3v) is 11.3. The molecule has 0 saturated heterocycles. The maximum atomic E-state index is 6.62. The molecule has 8 aromatic carbocycles. The molecule has 0 N–H and O–H groups in total. The fraction of sp³-hybridized carbons (Fsp3) is 0. The number of para-hydroxylation sites is 2. The van der Waals surface area contributed by atoms with Gasteiger partial charge in [-0.2, -0.15) is 0 Å². The Labute approximate surface area is 291 Å². The van der Waals surface area contributed by atoms with Gasteiger partial charge >= 0.3 is 0 Å². The zero-order chi connectivity index (χ0) is 32.8. The lowest BCUT2D eigenvalue weighted by Gasteiger charge is -2.26. The number of hydrogen-bond donors (Lipinski definition) is 0. The normalized spacial score (nSPS) is 12.0. The Kier molecular flexibility index (Phi) is 5.83. The fourth-order valence-corrected chi connectivity index (χ4v) is 9.04. The van der Waals surface area contributed by atoms with Crippen molar-refractivity contribution in [1.29, 1.82) is 0 Å². The zero-order valence-corrected chi connectivity index (χ0v) is 27.7. The molecule has 3 heterocycles. The van der Waals surface area contributed by atoms with Crippen molar-refractivity contribution in [3.63, 3.8) is 0 Å². The van der Waals surface area contributed by atoms with Gasteiger partial charge in [-0.3, -0.25) is 0 Å². The van der Waals surface area contributed by atoms with Crippen LogP contribution in [0.15, 0.2) is 174 Å². The summed E-state index contributed by atoms with van der Waals surface area (Å²) >= 11 is 1.85. The van der Waals surface area contributed by atoms with E-state index < -0.39 is 0 Å². The average Bonchev–Trinajstić information content (AvgIpc) is 3.83. The molecule has 4 heteroatoms. The number of thiophene rings is 1. The van der Waals surface area contributed by atoms with E-state index >= 15 is 0 Å². The summed E-state index contributed by atoms with van der Waals surface area (Å²) in [6.45, 7) is 0. The van der Waals surface area contributed by atoms with Crippen LogP contribution in [-0.4, -0.2) is 4.57 Å². The summed E-state index contributed by atoms with van der Waals surface area (Å²) in [5, 5.41) is 9.63. The van der Waals surface area contributed by atoms with Crippen molar-refractivity contribution in [3.05, 3.63) is 170 Å². The molecule has 0 radical (unpaired) electrons. The van der Waals surface area contributed by atoms with Crippen molar-refractivity contribution in [2.75, 3.05) is 4.90 Å². The van der Waals surface area contributed by atoms with E-state index in [2.05, 4.69) is 179 Å². The molecular weight excluding hydrogens is 629 g/mol. The zero-order valence-electron chi connectivity index (χ0n) is 26.9. The first-order valence-corrected chi connectivity index (χ1v) is 17.7. The van der Waals surface area contributed by atoms with Crippen LogP contribution in [0, 0.1) is 0 Å². The van der Waals surface area contributed by atoms with E-state index in [9.17, 15) is 0 Å². The minimum Gasteiger partial charge on any atom is -0.456 e. The molecule has 0 amide bonds. The Morgan fingerprint density at radius 3 is 2.02 bits per heavy atom. The third kappa shape index (κ3) is 4.03. The summed E-state index contributed by atoms with van der Waals surface area (Å²) in [4.78, 5) is 2.42. The van der Waals surface area contributed by atoms with Gasteiger partial charge in [-0.1, -0.05) is 84.9 Å². The molecule has 11 aromatic rings. The van der Waals surface area contributed by atoms with Gasteiger partial charge in [0.15, 0.2) is 0 Å². The second-order valence-electron chi connectivity index (χ2n) is 13.0. The van der Waals surface area contributed by atoms with Gasteiger partial charge in [0.05, 0.1) is 16.7 Å². The number of aromatic nitrogens is 1. The standard InChI is InChI=1S/C46H28N2OS/c1-2-13-31(14-3-1)48-39-17-8-6-15-34(39)37-27-32(22-24-40(37)48)47(41-18-10-20-45-46(41)36-16-7-9-19-44(36)50-45)33-21-23-35-38-25-29-11-4-5-12-30(29)26-42(38)49-43(35)28-33/h1-28H. The van der Waals surface area contributed by atoms with E-state index in [0.29, 0.717) is 0 Å². The van der Waals surface area contributed by atoms with Crippen LogP contribution in [0.4, 0.5) is 17.1 Å². The molecule has 0 aliphatic carbocycles. The lowest BCUT2D eigenvalue weighted by atomic mass is 10.0. The van der Waals surface area contributed by atoms with Crippen molar-refractivity contribution < 1.29 is 4.42 Å². The van der Waals surface area contributed by atoms with Crippen molar-refractivity contribution in [1.82, 2.24) is 4.57 Å². The Morgan fingerprint density at radius 2 is 1.12 bits per heavy atom. The molecular formula is C46H28N2OS. The molecule has 0 atom stereocenters. The van der Waals surface area contributed by atoms with Crippen molar-refractivity contribution in [2.45, 2.75) is 0 Å². The summed E-state index contributed by atoms with van der Waals surface area (Å²) in [6.07, 6.45) is 0. The molecule has 234 valence electrons. The SMILES string of the molecule is c1ccc(-n2c3ccccc3c3cc(N(c4ccc5c(c4)oc4cc6ccccc6cc45)c4cccc5sc6ccccc6c45)ccc32)cc1. The molecule has 0 saturated carbocycles. The van der Waals surface area contributed by atoms with Gasteiger partial charge in [-0.15, -0.1) is 11.3 Å². The maximum Gasteiger partial charge on any atom is 0.137 e. The highest BCUT2D eigenvalue weighted by atomic mass is 32.1. The van der Waals surface area contributed by atoms with Gasteiger partial charge in [0, 0.05) is 64.8 Å². The van der Waals surface area contributed by atoms with E-state index in [1.165, 1.54) is 52.8 Å². The van der Waals surface area contributed by atoms with Crippen LogP contribution in [0.1, 0.15) is 0 Å². The third-order valence-electron chi connectivity index (χ3n) is 10.1. The average molecular weight is 657 g/mol. The number of benzene rings is 8. The number of nitrogens with zero attached hydrogens (tertiary/aromatic N) is 2. The molecule has 50 heavy (non-hydrogen) atoms. The molecule has 3 aromatic heterocycles. The van der Waals surface area contributed by atoms with E-state index in [0.717, 1.165) is 44.7 Å². The monoisotopic (exact) mass is 656 g/mol. The van der Waals surface area contributed by atoms with Crippen LogP contribution in [0.2, 0.25) is 0 Å². The van der Waals surface area contributed by atoms with Gasteiger partial charge in [0.2, 0.25) is 0 Å². The number of fused-ring (bicyclic) bond motifs is 10. The van der Waals surface area contributed by atoms with E-state index in [-0.39, 0.29) is 0 Å². The maximum absolute atomic E-state index is 6.62. The van der Waals surface area contributed by atoms with E-state index in [1.54, 1.807) is 0 Å². The number of rotatable bonds is 4. The summed E-state index contributed by atoms with van der Waals surface area (Å²) in [5.41, 5.74) is 8.60. The van der Waals surface area contributed by atoms with Gasteiger partial charge in [-0.05, 0) is 89.6 Å². The minimum atomic E-state index is 0.877. The highest BCUT2D eigenvalue weighted by Gasteiger charge is 2.22. The van der Waals surface area contributed by atoms with Gasteiger partial charge in [0.1, 0.15) is 11.2 Å². The van der Waals surface area contributed by atoms with Crippen molar-refractivity contribution in [2.24, 2.45) is 0 Å². The molecule has 0 fully saturated rings. The molecule has 11 rings (SSSR count). The predicted molar refractivity (Wildman–Crippen MR) is 213 cm³/mol. The van der Waals surface area contributed by atoms with Gasteiger partial charge < -0.3 is 13.9 Å². The van der Waals surface area contributed by atoms with Crippen LogP contribution in [-0.2, 0) is 0 Å². The number of hydrogen-bond acceptors (Lipinski definition) is 3. The second kappa shape index (κ2) is 10.6.